The Bertz CT molecular complexity index is 2900. The van der Waals surface area contributed by atoms with Crippen molar-refractivity contribution in [2.75, 3.05) is 0 Å². The van der Waals surface area contributed by atoms with Crippen LogP contribution in [0.3, 0.4) is 0 Å². The second-order valence-corrected chi connectivity index (χ2v) is 12.9. The highest BCUT2D eigenvalue weighted by molar-refractivity contribution is 6.27. The first-order chi connectivity index (χ1) is 24.8. The monoisotopic (exact) mass is 634 g/mol. The highest BCUT2D eigenvalue weighted by atomic mass is 14.8. The molecule has 0 fully saturated rings. The van der Waals surface area contributed by atoms with E-state index >= 15 is 0 Å². The lowest BCUT2D eigenvalue weighted by atomic mass is 9.82. The van der Waals surface area contributed by atoms with Crippen LogP contribution in [0.1, 0.15) is 0 Å². The van der Waals surface area contributed by atoms with E-state index in [0.29, 0.717) is 0 Å². The molecule has 8 aromatic carbocycles. The maximum Gasteiger partial charge on any atom is 0.0886 e. The summed E-state index contributed by atoms with van der Waals surface area (Å²) in [7, 11) is 0. The van der Waals surface area contributed by atoms with E-state index in [4.69, 9.17) is 4.98 Å². The fourth-order valence-electron chi connectivity index (χ4n) is 7.87. The summed E-state index contributed by atoms with van der Waals surface area (Å²) in [4.78, 5) is 9.35. The molecule has 0 saturated carbocycles. The van der Waals surface area contributed by atoms with Crippen molar-refractivity contribution in [2.24, 2.45) is 0 Å². The van der Waals surface area contributed by atoms with Crippen LogP contribution in [-0.4, -0.2) is 9.97 Å². The van der Waals surface area contributed by atoms with Crippen LogP contribution in [0.25, 0.3) is 98.6 Å². The average Bonchev–Trinajstić information content (AvgIpc) is 3.20. The Labute approximate surface area is 290 Å². The van der Waals surface area contributed by atoms with E-state index in [0.717, 1.165) is 22.5 Å². The Morgan fingerprint density at radius 3 is 1.66 bits per heavy atom. The minimum atomic E-state index is 0.864. The molecule has 0 aliphatic carbocycles. The average molecular weight is 635 g/mol. The summed E-state index contributed by atoms with van der Waals surface area (Å²) in [5.41, 5.74) is 8.93. The largest absolute Gasteiger partial charge is 0.255 e. The van der Waals surface area contributed by atoms with Gasteiger partial charge in [-0.15, -0.1) is 0 Å². The number of fused-ring (bicyclic) bond motifs is 6. The minimum Gasteiger partial charge on any atom is -0.255 e. The van der Waals surface area contributed by atoms with Crippen molar-refractivity contribution < 1.29 is 0 Å². The van der Waals surface area contributed by atoms with Crippen LogP contribution in [0.15, 0.2) is 182 Å². The summed E-state index contributed by atoms with van der Waals surface area (Å²) >= 11 is 0. The molecule has 0 aliphatic rings. The van der Waals surface area contributed by atoms with Gasteiger partial charge in [-0.25, -0.2) is 0 Å². The molecule has 2 heterocycles. The molecular formula is C48H30N2. The molecule has 0 radical (unpaired) electrons. The Morgan fingerprint density at radius 1 is 0.300 bits per heavy atom. The van der Waals surface area contributed by atoms with Gasteiger partial charge in [0.25, 0.3) is 0 Å². The number of hydrogen-bond acceptors (Lipinski definition) is 2. The van der Waals surface area contributed by atoms with Crippen LogP contribution < -0.4 is 0 Å². The number of rotatable bonds is 4. The molecule has 50 heavy (non-hydrogen) atoms. The zero-order valence-electron chi connectivity index (χ0n) is 27.2. The molecule has 2 nitrogen and oxygen atoms in total. The zero-order chi connectivity index (χ0) is 33.0. The Morgan fingerprint density at radius 2 is 0.900 bits per heavy atom. The van der Waals surface area contributed by atoms with Crippen molar-refractivity contribution in [1.82, 2.24) is 9.97 Å². The molecule has 0 atom stereocenters. The number of aromatic nitrogens is 2. The molecule has 2 aromatic heterocycles. The third kappa shape index (κ3) is 4.50. The van der Waals surface area contributed by atoms with Gasteiger partial charge >= 0.3 is 0 Å². The molecule has 0 spiro atoms. The molecule has 10 aromatic rings. The van der Waals surface area contributed by atoms with Gasteiger partial charge in [-0.3, -0.25) is 9.97 Å². The Kier molecular flexibility index (Phi) is 6.53. The molecular weight excluding hydrogens is 605 g/mol. The molecule has 0 bridgehead atoms. The number of hydrogen-bond donors (Lipinski definition) is 0. The summed E-state index contributed by atoms with van der Waals surface area (Å²) in [6.07, 6.45) is 3.78. The highest BCUT2D eigenvalue weighted by Crippen LogP contribution is 2.48. The lowest BCUT2D eigenvalue weighted by Gasteiger charge is -2.21. The highest BCUT2D eigenvalue weighted by Gasteiger charge is 2.20. The zero-order valence-corrected chi connectivity index (χ0v) is 27.2. The van der Waals surface area contributed by atoms with Crippen LogP contribution in [0, 0.1) is 0 Å². The number of nitrogens with zero attached hydrogens (tertiary/aromatic N) is 2. The van der Waals surface area contributed by atoms with Gasteiger partial charge in [-0.2, -0.15) is 0 Å². The van der Waals surface area contributed by atoms with E-state index < -0.39 is 0 Å². The second-order valence-electron chi connectivity index (χ2n) is 12.9. The molecule has 0 N–H and O–H groups in total. The van der Waals surface area contributed by atoms with Crippen molar-refractivity contribution >= 4 is 53.9 Å². The fourth-order valence-corrected chi connectivity index (χ4v) is 7.87. The van der Waals surface area contributed by atoms with E-state index in [1.54, 1.807) is 0 Å². The number of benzene rings is 8. The normalized spacial score (nSPS) is 11.6. The molecule has 0 unspecified atom stereocenters. The van der Waals surface area contributed by atoms with Crippen molar-refractivity contribution in [3.63, 3.8) is 0 Å². The summed E-state index contributed by atoms with van der Waals surface area (Å²) in [6, 6.07) is 61.5. The standard InChI is InChI=1S/C48H30N2/c1-3-15-35-31(12-1)14-11-21-39(35)47-40-19-7-8-20-41(40)48(43-29-33-13-2-4-16-36(33)37-17-5-6-18-38(37)43)42-25-23-32(28-44(42)47)34-24-26-46(50-30-34)45-22-9-10-27-49-45/h1-30H. The second kappa shape index (κ2) is 11.5. The van der Waals surface area contributed by atoms with Gasteiger partial charge in [0.1, 0.15) is 0 Å². The first kappa shape index (κ1) is 28.4. The minimum absolute atomic E-state index is 0.864. The van der Waals surface area contributed by atoms with Crippen molar-refractivity contribution in [3.05, 3.63) is 182 Å². The first-order valence-corrected chi connectivity index (χ1v) is 17.1. The molecule has 0 aliphatic heterocycles. The van der Waals surface area contributed by atoms with Gasteiger partial charge in [-0.1, -0.05) is 140 Å². The Hall–Kier alpha value is -6.64. The van der Waals surface area contributed by atoms with Crippen LogP contribution in [-0.2, 0) is 0 Å². The van der Waals surface area contributed by atoms with Gasteiger partial charge < -0.3 is 0 Å². The predicted molar refractivity (Wildman–Crippen MR) is 211 cm³/mol. The van der Waals surface area contributed by atoms with E-state index in [9.17, 15) is 0 Å². The third-order valence-electron chi connectivity index (χ3n) is 10.1. The van der Waals surface area contributed by atoms with Gasteiger partial charge in [0.15, 0.2) is 0 Å². The van der Waals surface area contributed by atoms with Crippen molar-refractivity contribution in [3.8, 4) is 44.8 Å². The van der Waals surface area contributed by atoms with E-state index in [1.165, 1.54) is 76.1 Å². The lowest BCUT2D eigenvalue weighted by Crippen LogP contribution is -1.94. The molecule has 10 rings (SSSR count). The predicted octanol–water partition coefficient (Wildman–Crippen LogP) is 12.9. The lowest BCUT2D eigenvalue weighted by molar-refractivity contribution is 1.25. The van der Waals surface area contributed by atoms with Crippen LogP contribution in [0.2, 0.25) is 0 Å². The molecule has 0 saturated heterocycles. The quantitative estimate of drug-likeness (QED) is 0.142. The smallest absolute Gasteiger partial charge is 0.0886 e. The molecule has 232 valence electrons. The molecule has 0 amide bonds. The maximum atomic E-state index is 4.84. The maximum absolute atomic E-state index is 4.84. The van der Waals surface area contributed by atoms with Gasteiger partial charge in [0.2, 0.25) is 0 Å². The van der Waals surface area contributed by atoms with E-state index in [-0.39, 0.29) is 0 Å². The van der Waals surface area contributed by atoms with E-state index in [1.807, 2.05) is 30.6 Å². The summed E-state index contributed by atoms with van der Waals surface area (Å²) in [5.74, 6) is 0. The summed E-state index contributed by atoms with van der Waals surface area (Å²) in [5, 5.41) is 12.5. The van der Waals surface area contributed by atoms with Crippen LogP contribution in [0.5, 0.6) is 0 Å². The van der Waals surface area contributed by atoms with E-state index in [2.05, 4.69) is 157 Å². The summed E-state index contributed by atoms with van der Waals surface area (Å²) < 4.78 is 0. The van der Waals surface area contributed by atoms with Gasteiger partial charge in [0, 0.05) is 18.0 Å². The van der Waals surface area contributed by atoms with Crippen molar-refractivity contribution in [1.29, 1.82) is 0 Å². The number of pyridine rings is 2. The van der Waals surface area contributed by atoms with Crippen molar-refractivity contribution in [2.45, 2.75) is 0 Å². The Balaban J connectivity index is 1.32. The first-order valence-electron chi connectivity index (χ1n) is 17.1. The fraction of sp³-hybridized carbons (Fsp3) is 0. The van der Waals surface area contributed by atoms with Gasteiger partial charge in [0.05, 0.1) is 11.4 Å². The topological polar surface area (TPSA) is 25.8 Å². The SMILES string of the molecule is c1ccc(-c2ccc(-c3ccc4c(-c5cc6ccccc6c6ccccc56)c5ccccc5c(-c5cccc6ccccc56)c4c3)cn2)nc1. The molecule has 2 heteroatoms. The van der Waals surface area contributed by atoms with Gasteiger partial charge in [-0.05, 0) is 112 Å². The summed E-state index contributed by atoms with van der Waals surface area (Å²) in [6.45, 7) is 0. The third-order valence-corrected chi connectivity index (χ3v) is 10.1. The van der Waals surface area contributed by atoms with Crippen LogP contribution >= 0.6 is 0 Å². The van der Waals surface area contributed by atoms with Crippen LogP contribution in [0.4, 0.5) is 0 Å².